The summed E-state index contributed by atoms with van der Waals surface area (Å²) >= 11 is 0. The third-order valence-electron chi connectivity index (χ3n) is 6.13. The fourth-order valence-corrected chi connectivity index (χ4v) is 4.90. The first kappa shape index (κ1) is 19.2. The predicted molar refractivity (Wildman–Crippen MR) is 98.8 cm³/mol. The van der Waals surface area contributed by atoms with Crippen LogP contribution in [0.1, 0.15) is 79.1 Å². The third-order valence-corrected chi connectivity index (χ3v) is 6.13. The average Bonchev–Trinajstić information content (AvgIpc) is 3.00. The van der Waals surface area contributed by atoms with Gasteiger partial charge in [0.25, 0.3) is 0 Å². The van der Waals surface area contributed by atoms with E-state index in [2.05, 4.69) is 20.7 Å². The van der Waals surface area contributed by atoms with Gasteiger partial charge < -0.3 is 9.64 Å². The molecule has 0 atom stereocenters. The number of hydrogen-bond acceptors (Lipinski definition) is 6. The van der Waals surface area contributed by atoms with Gasteiger partial charge in [0.2, 0.25) is 0 Å². The predicted octanol–water partition coefficient (Wildman–Crippen LogP) is 5.52. The van der Waals surface area contributed by atoms with E-state index in [9.17, 15) is 4.79 Å². The molecule has 0 spiro atoms. The minimum Gasteiger partial charge on any atom is -0.444 e. The van der Waals surface area contributed by atoms with Gasteiger partial charge in [0.1, 0.15) is 5.60 Å². The lowest BCUT2D eigenvalue weighted by atomic mass is 9.60. The molecule has 2 heterocycles. The van der Waals surface area contributed by atoms with Gasteiger partial charge in [-0.15, -0.1) is 10.2 Å². The van der Waals surface area contributed by atoms with Gasteiger partial charge in [-0.2, -0.15) is 0 Å². The van der Waals surface area contributed by atoms with Crippen LogP contribution < -0.4 is 0 Å². The van der Waals surface area contributed by atoms with Crippen LogP contribution in [0.3, 0.4) is 0 Å². The van der Waals surface area contributed by atoms with E-state index < -0.39 is 11.3 Å². The number of amides is 1. The Hall–Kier alpha value is -1.53. The zero-order chi connectivity index (χ0) is 18.8. The molecule has 1 saturated heterocycles. The highest BCUT2D eigenvalue weighted by molar-refractivity contribution is 5.68. The molecule has 0 aromatic heterocycles. The van der Waals surface area contributed by atoms with Gasteiger partial charge in [-0.1, -0.05) is 19.3 Å². The number of ether oxygens (including phenoxy) is 1. The molecule has 3 rings (SSSR count). The Balaban J connectivity index is 1.71. The third kappa shape index (κ3) is 4.41. The Morgan fingerprint density at radius 2 is 1.65 bits per heavy atom. The Labute approximate surface area is 156 Å². The zero-order valence-corrected chi connectivity index (χ0v) is 16.7. The van der Waals surface area contributed by atoms with Gasteiger partial charge >= 0.3 is 6.09 Å². The topological polar surface area (TPSA) is 79.0 Å². The summed E-state index contributed by atoms with van der Waals surface area (Å²) < 4.78 is 5.56. The van der Waals surface area contributed by atoms with Crippen molar-refractivity contribution < 1.29 is 9.53 Å². The quantitative estimate of drug-likeness (QED) is 0.661. The smallest absolute Gasteiger partial charge is 0.410 e. The van der Waals surface area contributed by atoms with E-state index in [1.165, 1.54) is 32.1 Å². The zero-order valence-electron chi connectivity index (χ0n) is 16.7. The fourth-order valence-electron chi connectivity index (χ4n) is 4.90. The van der Waals surface area contributed by atoms with Crippen LogP contribution in [0, 0.1) is 11.3 Å². The second-order valence-corrected chi connectivity index (χ2v) is 9.44. The van der Waals surface area contributed by atoms with Gasteiger partial charge in [-0.05, 0) is 75.2 Å². The Morgan fingerprint density at radius 1 is 1.08 bits per heavy atom. The summed E-state index contributed by atoms with van der Waals surface area (Å²) in [5.41, 5.74) is -0.825. The molecule has 0 aromatic carbocycles. The van der Waals surface area contributed by atoms with Crippen LogP contribution in [0.25, 0.3) is 0 Å². The first-order chi connectivity index (χ1) is 12.2. The van der Waals surface area contributed by atoms with E-state index >= 15 is 0 Å². The minimum absolute atomic E-state index is 0.163. The normalized spacial score (nSPS) is 25.5. The number of rotatable bonds is 3. The maximum absolute atomic E-state index is 12.4. The van der Waals surface area contributed by atoms with Crippen molar-refractivity contribution in [2.45, 2.75) is 90.3 Å². The van der Waals surface area contributed by atoms with E-state index in [0.29, 0.717) is 5.92 Å². The van der Waals surface area contributed by atoms with Crippen LogP contribution in [-0.2, 0) is 4.74 Å². The monoisotopic (exact) mass is 363 g/mol. The molecule has 26 heavy (non-hydrogen) atoms. The van der Waals surface area contributed by atoms with Crippen LogP contribution in [0.5, 0.6) is 0 Å². The van der Waals surface area contributed by atoms with E-state index in [0.717, 1.165) is 32.4 Å². The van der Waals surface area contributed by atoms with Crippen LogP contribution in [0.4, 0.5) is 4.79 Å². The molecule has 0 N–H and O–H groups in total. The first-order valence-electron chi connectivity index (χ1n) is 10.0. The molecular weight excluding hydrogens is 330 g/mol. The second kappa shape index (κ2) is 7.24. The first-order valence-corrected chi connectivity index (χ1v) is 10.0. The molecule has 7 heteroatoms. The van der Waals surface area contributed by atoms with E-state index in [1.807, 2.05) is 32.6 Å². The van der Waals surface area contributed by atoms with Crippen molar-refractivity contribution in [2.24, 2.45) is 32.0 Å². The lowest BCUT2D eigenvalue weighted by Gasteiger charge is -2.49. The second-order valence-electron chi connectivity index (χ2n) is 9.44. The number of carbonyl (C=O) groups is 1. The van der Waals surface area contributed by atoms with Crippen LogP contribution in [0.2, 0.25) is 0 Å². The van der Waals surface area contributed by atoms with Crippen molar-refractivity contribution in [3.05, 3.63) is 0 Å². The molecule has 7 nitrogen and oxygen atoms in total. The van der Waals surface area contributed by atoms with E-state index in [-0.39, 0.29) is 11.5 Å². The summed E-state index contributed by atoms with van der Waals surface area (Å²) in [7, 11) is 0. The van der Waals surface area contributed by atoms with Crippen molar-refractivity contribution in [3.8, 4) is 0 Å². The molecule has 3 aliphatic rings. The maximum Gasteiger partial charge on any atom is 0.410 e. The van der Waals surface area contributed by atoms with Crippen LogP contribution >= 0.6 is 0 Å². The molecule has 1 amide bonds. The molecule has 0 aromatic rings. The maximum atomic E-state index is 12.4. The standard InChI is InChI=1S/C19H33N5O2/c1-17(2,3)26-16(25)24-12-10-19(11-13-24,15-8-6-5-7-9-15)14-18(4)20-22-23-21-18/h15H,5-14H2,1-4H3. The Kier molecular flexibility index (Phi) is 5.35. The van der Waals surface area contributed by atoms with Gasteiger partial charge in [0.15, 0.2) is 5.66 Å². The summed E-state index contributed by atoms with van der Waals surface area (Å²) in [4.78, 5) is 14.3. The molecular formula is C19H33N5O2. The summed E-state index contributed by atoms with van der Waals surface area (Å²) in [5.74, 6) is 0.680. The Bertz CT molecular complexity index is 555. The molecule has 1 aliphatic carbocycles. The highest BCUT2D eigenvalue weighted by atomic mass is 16.6. The lowest BCUT2D eigenvalue weighted by Crippen LogP contribution is -2.49. The molecule has 0 radical (unpaired) electrons. The number of nitrogens with zero attached hydrogens (tertiary/aromatic N) is 5. The van der Waals surface area contributed by atoms with Crippen molar-refractivity contribution in [3.63, 3.8) is 0 Å². The minimum atomic E-state index is -0.536. The molecule has 1 saturated carbocycles. The largest absolute Gasteiger partial charge is 0.444 e. The number of carbonyl (C=O) groups excluding carboxylic acids is 1. The van der Waals surface area contributed by atoms with Crippen molar-refractivity contribution in [2.75, 3.05) is 13.1 Å². The van der Waals surface area contributed by atoms with Crippen molar-refractivity contribution in [1.82, 2.24) is 4.90 Å². The van der Waals surface area contributed by atoms with E-state index in [4.69, 9.17) is 4.74 Å². The summed E-state index contributed by atoms with van der Waals surface area (Å²) in [5, 5.41) is 16.1. The Morgan fingerprint density at radius 3 is 2.19 bits per heavy atom. The fraction of sp³-hybridized carbons (Fsp3) is 0.947. The highest BCUT2D eigenvalue weighted by Crippen LogP contribution is 2.51. The molecule has 0 unspecified atom stereocenters. The number of piperidine rings is 1. The summed E-state index contributed by atoms with van der Waals surface area (Å²) in [6.45, 7) is 9.26. The lowest BCUT2D eigenvalue weighted by molar-refractivity contribution is -0.0158. The van der Waals surface area contributed by atoms with E-state index in [1.54, 1.807) is 0 Å². The summed E-state index contributed by atoms with van der Waals surface area (Å²) in [6.07, 6.45) is 9.15. The van der Waals surface area contributed by atoms with Crippen LogP contribution in [0.15, 0.2) is 20.7 Å². The van der Waals surface area contributed by atoms with Gasteiger partial charge in [0, 0.05) is 19.5 Å². The highest BCUT2D eigenvalue weighted by Gasteiger charge is 2.48. The SMILES string of the molecule is CC1(CC2(C3CCCCC3)CCN(C(=O)OC(C)(C)C)CC2)N=NN=N1. The number of hydrogen-bond donors (Lipinski definition) is 0. The van der Waals surface area contributed by atoms with Crippen molar-refractivity contribution in [1.29, 1.82) is 0 Å². The molecule has 146 valence electrons. The van der Waals surface area contributed by atoms with Gasteiger partial charge in [-0.25, -0.2) is 4.79 Å². The summed E-state index contributed by atoms with van der Waals surface area (Å²) in [6, 6.07) is 0. The van der Waals surface area contributed by atoms with Gasteiger partial charge in [0.05, 0.1) is 0 Å². The van der Waals surface area contributed by atoms with Gasteiger partial charge in [-0.3, -0.25) is 0 Å². The number of likely N-dealkylation sites (tertiary alicyclic amines) is 1. The average molecular weight is 364 g/mol. The van der Waals surface area contributed by atoms with Crippen LogP contribution in [-0.4, -0.2) is 35.3 Å². The molecule has 2 fully saturated rings. The molecule has 0 bridgehead atoms. The molecule has 2 aliphatic heterocycles. The van der Waals surface area contributed by atoms with Crippen molar-refractivity contribution >= 4 is 6.09 Å².